The van der Waals surface area contributed by atoms with E-state index in [0.29, 0.717) is 11.1 Å². The summed E-state index contributed by atoms with van der Waals surface area (Å²) in [4.78, 5) is 38.0. The van der Waals surface area contributed by atoms with Crippen LogP contribution in [0.3, 0.4) is 0 Å². The Balaban J connectivity index is 1.61. The number of rotatable bonds is 6. The number of Topliss-reactive ketones (excluding diaryl/α,β-unsaturated/α-hetero) is 2. The Morgan fingerprint density at radius 2 is 1.54 bits per heavy atom. The van der Waals surface area contributed by atoms with Crippen LogP contribution in [0.2, 0.25) is 0 Å². The third-order valence-electron chi connectivity index (χ3n) is 3.96. The first kappa shape index (κ1) is 17.4. The SMILES string of the molecule is CC(=O)c1c[nH]c(C(=O)OCC(=O)c2ccc(-c3ccccc3)cc2)c1. The van der Waals surface area contributed by atoms with Gasteiger partial charge >= 0.3 is 5.97 Å². The molecule has 1 heterocycles. The third kappa shape index (κ3) is 3.95. The second kappa shape index (κ2) is 7.61. The lowest BCUT2D eigenvalue weighted by Gasteiger charge is -2.05. The number of carbonyl (C=O) groups is 3. The smallest absolute Gasteiger partial charge is 0.355 e. The number of hydrogen-bond acceptors (Lipinski definition) is 4. The molecule has 0 radical (unpaired) electrons. The molecule has 0 bridgehead atoms. The summed E-state index contributed by atoms with van der Waals surface area (Å²) in [6.45, 7) is 1.04. The number of ether oxygens (including phenoxy) is 1. The summed E-state index contributed by atoms with van der Waals surface area (Å²) < 4.78 is 5.02. The van der Waals surface area contributed by atoms with Crippen molar-refractivity contribution in [2.75, 3.05) is 6.61 Å². The third-order valence-corrected chi connectivity index (χ3v) is 3.96. The van der Waals surface area contributed by atoms with E-state index in [1.165, 1.54) is 19.2 Å². The van der Waals surface area contributed by atoms with Crippen molar-refractivity contribution in [1.82, 2.24) is 4.98 Å². The number of aromatic nitrogens is 1. The van der Waals surface area contributed by atoms with E-state index < -0.39 is 5.97 Å². The molecule has 130 valence electrons. The first-order valence-electron chi connectivity index (χ1n) is 8.10. The average molecular weight is 347 g/mol. The highest BCUT2D eigenvalue weighted by molar-refractivity contribution is 6.00. The van der Waals surface area contributed by atoms with E-state index in [4.69, 9.17) is 4.74 Å². The van der Waals surface area contributed by atoms with Gasteiger partial charge in [0.05, 0.1) is 0 Å². The molecule has 1 N–H and O–H groups in total. The number of carbonyl (C=O) groups excluding carboxylic acids is 3. The Bertz CT molecular complexity index is 940. The minimum absolute atomic E-state index is 0.141. The molecule has 0 spiro atoms. The zero-order chi connectivity index (χ0) is 18.5. The van der Waals surface area contributed by atoms with E-state index in [1.54, 1.807) is 12.1 Å². The highest BCUT2D eigenvalue weighted by Crippen LogP contribution is 2.19. The molecular formula is C21H17NO4. The summed E-state index contributed by atoms with van der Waals surface area (Å²) in [5.74, 6) is -1.13. The summed E-state index contributed by atoms with van der Waals surface area (Å²) in [6, 6.07) is 18.4. The summed E-state index contributed by atoms with van der Waals surface area (Å²) >= 11 is 0. The van der Waals surface area contributed by atoms with Crippen LogP contribution >= 0.6 is 0 Å². The number of ketones is 2. The van der Waals surface area contributed by atoms with Crippen molar-refractivity contribution < 1.29 is 19.1 Å². The van der Waals surface area contributed by atoms with Crippen LogP contribution in [0.1, 0.15) is 38.1 Å². The van der Waals surface area contributed by atoms with Crippen LogP contribution in [-0.2, 0) is 4.74 Å². The maximum absolute atomic E-state index is 12.2. The molecular weight excluding hydrogens is 330 g/mol. The van der Waals surface area contributed by atoms with Crippen LogP contribution in [0.4, 0.5) is 0 Å². The van der Waals surface area contributed by atoms with Gasteiger partial charge < -0.3 is 9.72 Å². The summed E-state index contributed by atoms with van der Waals surface area (Å²) in [6.07, 6.45) is 1.43. The molecule has 1 aromatic heterocycles. The Morgan fingerprint density at radius 3 is 2.15 bits per heavy atom. The van der Waals surface area contributed by atoms with Gasteiger partial charge in [-0.05, 0) is 24.1 Å². The van der Waals surface area contributed by atoms with Crippen molar-refractivity contribution in [1.29, 1.82) is 0 Å². The highest BCUT2D eigenvalue weighted by Gasteiger charge is 2.14. The molecule has 0 saturated carbocycles. The number of H-pyrrole nitrogens is 1. The number of benzene rings is 2. The molecule has 2 aromatic carbocycles. The Labute approximate surface area is 150 Å². The maximum Gasteiger partial charge on any atom is 0.355 e. The van der Waals surface area contributed by atoms with Gasteiger partial charge in [0, 0.05) is 17.3 Å². The molecule has 3 aromatic rings. The van der Waals surface area contributed by atoms with Crippen molar-refractivity contribution in [3.8, 4) is 11.1 Å². The zero-order valence-corrected chi connectivity index (χ0v) is 14.2. The minimum Gasteiger partial charge on any atom is -0.453 e. The van der Waals surface area contributed by atoms with E-state index >= 15 is 0 Å². The molecule has 0 fully saturated rings. The zero-order valence-electron chi connectivity index (χ0n) is 14.2. The standard InChI is InChI=1S/C21H17NO4/c1-14(23)18-11-19(22-12-18)21(25)26-13-20(24)17-9-7-16(8-10-17)15-5-3-2-4-6-15/h2-12,22H,13H2,1H3. The largest absolute Gasteiger partial charge is 0.453 e. The van der Waals surface area contributed by atoms with Gasteiger partial charge in [-0.25, -0.2) is 4.79 Å². The molecule has 5 nitrogen and oxygen atoms in total. The molecule has 0 saturated heterocycles. The molecule has 5 heteroatoms. The molecule has 0 atom stereocenters. The lowest BCUT2D eigenvalue weighted by atomic mass is 10.0. The van der Waals surface area contributed by atoms with Crippen molar-refractivity contribution in [2.45, 2.75) is 6.92 Å². The molecule has 0 aliphatic rings. The molecule has 0 aliphatic carbocycles. The van der Waals surface area contributed by atoms with E-state index in [1.807, 2.05) is 42.5 Å². The van der Waals surface area contributed by atoms with Crippen molar-refractivity contribution >= 4 is 17.5 Å². The quantitative estimate of drug-likeness (QED) is 0.541. The predicted molar refractivity (Wildman–Crippen MR) is 97.3 cm³/mol. The highest BCUT2D eigenvalue weighted by atomic mass is 16.5. The fourth-order valence-electron chi connectivity index (χ4n) is 2.49. The van der Waals surface area contributed by atoms with Crippen molar-refractivity contribution in [3.63, 3.8) is 0 Å². The summed E-state index contributed by atoms with van der Waals surface area (Å²) in [5.41, 5.74) is 3.06. The summed E-state index contributed by atoms with van der Waals surface area (Å²) in [7, 11) is 0. The Morgan fingerprint density at radius 1 is 0.885 bits per heavy atom. The van der Waals surface area contributed by atoms with Crippen LogP contribution in [0.5, 0.6) is 0 Å². The number of nitrogens with one attached hydrogen (secondary N) is 1. The molecule has 0 amide bonds. The predicted octanol–water partition coefficient (Wildman–Crippen LogP) is 3.92. The van der Waals surface area contributed by atoms with Crippen molar-refractivity contribution in [3.05, 3.63) is 83.7 Å². The number of hydrogen-bond donors (Lipinski definition) is 1. The van der Waals surface area contributed by atoms with Crippen LogP contribution in [0.25, 0.3) is 11.1 Å². The van der Waals surface area contributed by atoms with Gasteiger partial charge in [0.2, 0.25) is 0 Å². The van der Waals surface area contributed by atoms with Crippen LogP contribution in [0.15, 0.2) is 66.9 Å². The average Bonchev–Trinajstić information content (AvgIpc) is 3.17. The first-order chi connectivity index (χ1) is 12.5. The van der Waals surface area contributed by atoms with Gasteiger partial charge in [-0.1, -0.05) is 54.6 Å². The second-order valence-corrected chi connectivity index (χ2v) is 5.80. The van der Waals surface area contributed by atoms with E-state index in [-0.39, 0.29) is 23.9 Å². The first-order valence-corrected chi connectivity index (χ1v) is 8.10. The van der Waals surface area contributed by atoms with Gasteiger partial charge in [0.25, 0.3) is 0 Å². The number of esters is 1. The van der Waals surface area contributed by atoms with Gasteiger partial charge in [0.1, 0.15) is 5.69 Å². The number of aromatic amines is 1. The van der Waals surface area contributed by atoms with Gasteiger partial charge in [-0.2, -0.15) is 0 Å². The fraction of sp³-hybridized carbons (Fsp3) is 0.0952. The summed E-state index contributed by atoms with van der Waals surface area (Å²) in [5, 5.41) is 0. The molecule has 26 heavy (non-hydrogen) atoms. The second-order valence-electron chi connectivity index (χ2n) is 5.80. The minimum atomic E-state index is -0.674. The molecule has 0 aliphatic heterocycles. The molecule has 3 rings (SSSR count). The lowest BCUT2D eigenvalue weighted by Crippen LogP contribution is -2.14. The van der Waals surface area contributed by atoms with Gasteiger partial charge in [-0.3, -0.25) is 9.59 Å². The van der Waals surface area contributed by atoms with E-state index in [0.717, 1.165) is 11.1 Å². The van der Waals surface area contributed by atoms with Crippen LogP contribution in [-0.4, -0.2) is 29.1 Å². The lowest BCUT2D eigenvalue weighted by molar-refractivity contribution is 0.0469. The monoisotopic (exact) mass is 347 g/mol. The van der Waals surface area contributed by atoms with E-state index in [9.17, 15) is 14.4 Å². The fourth-order valence-corrected chi connectivity index (χ4v) is 2.49. The molecule has 0 unspecified atom stereocenters. The topological polar surface area (TPSA) is 76.2 Å². The van der Waals surface area contributed by atoms with Crippen LogP contribution < -0.4 is 0 Å². The van der Waals surface area contributed by atoms with Gasteiger partial charge in [0.15, 0.2) is 18.2 Å². The van der Waals surface area contributed by atoms with Crippen molar-refractivity contribution in [2.24, 2.45) is 0 Å². The Hall–Kier alpha value is -3.47. The maximum atomic E-state index is 12.2. The Kier molecular flexibility index (Phi) is 5.08. The van der Waals surface area contributed by atoms with Crippen LogP contribution in [0, 0.1) is 0 Å². The van der Waals surface area contributed by atoms with Gasteiger partial charge in [-0.15, -0.1) is 0 Å². The normalized spacial score (nSPS) is 10.3. The van der Waals surface area contributed by atoms with E-state index in [2.05, 4.69) is 4.98 Å².